The van der Waals surface area contributed by atoms with Gasteiger partial charge in [-0.3, -0.25) is 4.79 Å². The lowest BCUT2D eigenvalue weighted by atomic mass is 9.93. The lowest BCUT2D eigenvalue weighted by Crippen LogP contribution is -2.30. The first kappa shape index (κ1) is 15.6. The molecule has 1 unspecified atom stereocenters. The lowest BCUT2D eigenvalue weighted by molar-refractivity contribution is -0.122. The van der Waals surface area contributed by atoms with Gasteiger partial charge in [0.15, 0.2) is 0 Å². The van der Waals surface area contributed by atoms with Crippen LogP contribution in [0.5, 0.6) is 0 Å². The molecule has 3 nitrogen and oxygen atoms in total. The highest BCUT2D eigenvalue weighted by molar-refractivity contribution is 5.80. The van der Waals surface area contributed by atoms with Gasteiger partial charge in [-0.2, -0.15) is 0 Å². The molecule has 2 aliphatic rings. The van der Waals surface area contributed by atoms with Gasteiger partial charge in [-0.25, -0.2) is 0 Å². The Morgan fingerprint density at radius 3 is 2.17 bits per heavy atom. The molecule has 1 heterocycles. The van der Waals surface area contributed by atoms with E-state index in [9.17, 15) is 4.79 Å². The maximum absolute atomic E-state index is 11.4. The third kappa shape index (κ3) is 7.83. The second-order valence-corrected chi connectivity index (χ2v) is 5.39. The van der Waals surface area contributed by atoms with Crippen LogP contribution in [0.2, 0.25) is 0 Å². The number of rotatable bonds is 0. The molecule has 2 fully saturated rings. The topological polar surface area (TPSA) is 38.3 Å². The molecule has 0 aromatic carbocycles. The first-order chi connectivity index (χ1) is 8.80. The summed E-state index contributed by atoms with van der Waals surface area (Å²) in [5, 5.41) is 3.16. The Morgan fingerprint density at radius 2 is 1.61 bits per heavy atom. The summed E-state index contributed by atoms with van der Waals surface area (Å²) < 4.78 is 5.01. The van der Waals surface area contributed by atoms with Gasteiger partial charge < -0.3 is 10.1 Å². The van der Waals surface area contributed by atoms with Crippen LogP contribution >= 0.6 is 0 Å². The minimum atomic E-state index is 0.336. The van der Waals surface area contributed by atoms with E-state index in [2.05, 4.69) is 12.2 Å². The molecule has 1 N–H and O–H groups in total. The van der Waals surface area contributed by atoms with Gasteiger partial charge in [0.2, 0.25) is 0 Å². The molecular formula is C15H29NO2. The van der Waals surface area contributed by atoms with Crippen molar-refractivity contribution in [2.45, 2.75) is 58.3 Å². The Bertz CT molecular complexity index is 203. The van der Waals surface area contributed by atoms with Crippen molar-refractivity contribution in [3.63, 3.8) is 0 Å². The van der Waals surface area contributed by atoms with Crippen LogP contribution in [0.4, 0.5) is 0 Å². The second-order valence-electron chi connectivity index (χ2n) is 5.39. The average Bonchev–Trinajstić information content (AvgIpc) is 2.43. The van der Waals surface area contributed by atoms with E-state index >= 15 is 0 Å². The molecule has 0 bridgehead atoms. The SMILES string of the molecule is C1COCCN1.CC1CCCCCCCCC1=O. The zero-order chi connectivity index (χ0) is 13.1. The quantitative estimate of drug-likeness (QED) is 0.723. The molecule has 2 rings (SSSR count). The molecule has 1 atom stereocenters. The summed E-state index contributed by atoms with van der Waals surface area (Å²) in [6.07, 6.45) is 9.65. The first-order valence-corrected chi connectivity index (χ1v) is 7.62. The zero-order valence-corrected chi connectivity index (χ0v) is 11.9. The highest BCUT2D eigenvalue weighted by atomic mass is 16.5. The smallest absolute Gasteiger partial charge is 0.135 e. The highest BCUT2D eigenvalue weighted by Gasteiger charge is 2.12. The molecule has 3 heteroatoms. The number of morpholine rings is 1. The van der Waals surface area contributed by atoms with Gasteiger partial charge in [0.05, 0.1) is 13.2 Å². The molecule has 106 valence electrons. The number of hydrogen-bond donors (Lipinski definition) is 1. The molecule has 0 aromatic rings. The number of Topliss-reactive ketones (excluding diaryl/α,β-unsaturated/α-hetero) is 1. The van der Waals surface area contributed by atoms with Gasteiger partial charge in [0, 0.05) is 25.4 Å². The van der Waals surface area contributed by atoms with Crippen molar-refractivity contribution in [1.29, 1.82) is 0 Å². The molecule has 0 amide bonds. The molecule has 18 heavy (non-hydrogen) atoms. The number of carbonyl (C=O) groups is 1. The number of ketones is 1. The van der Waals surface area contributed by atoms with Crippen molar-refractivity contribution in [1.82, 2.24) is 5.32 Å². The van der Waals surface area contributed by atoms with Gasteiger partial charge in [-0.15, -0.1) is 0 Å². The van der Waals surface area contributed by atoms with E-state index < -0.39 is 0 Å². The van der Waals surface area contributed by atoms with Crippen LogP contribution in [0, 0.1) is 5.92 Å². The maximum Gasteiger partial charge on any atom is 0.135 e. The fourth-order valence-corrected chi connectivity index (χ4v) is 2.38. The minimum Gasteiger partial charge on any atom is -0.379 e. The van der Waals surface area contributed by atoms with Crippen molar-refractivity contribution >= 4 is 5.78 Å². The summed E-state index contributed by atoms with van der Waals surface area (Å²) in [5.41, 5.74) is 0. The largest absolute Gasteiger partial charge is 0.379 e. The van der Waals surface area contributed by atoms with E-state index in [1.165, 1.54) is 32.1 Å². The van der Waals surface area contributed by atoms with Crippen LogP contribution in [0.25, 0.3) is 0 Å². The van der Waals surface area contributed by atoms with Gasteiger partial charge in [0.25, 0.3) is 0 Å². The fourth-order valence-electron chi connectivity index (χ4n) is 2.38. The summed E-state index contributed by atoms with van der Waals surface area (Å²) in [6, 6.07) is 0. The first-order valence-electron chi connectivity index (χ1n) is 7.62. The standard InChI is InChI=1S/C11H20O.C4H9NO/c1-10-8-6-4-2-3-5-7-9-11(10)12;1-3-6-4-2-5-1/h10H,2-9H2,1H3;5H,1-4H2. The summed E-state index contributed by atoms with van der Waals surface area (Å²) in [6.45, 7) is 5.92. The molecule has 1 aliphatic heterocycles. The summed E-state index contributed by atoms with van der Waals surface area (Å²) >= 11 is 0. The fraction of sp³-hybridized carbons (Fsp3) is 0.933. The molecule has 1 saturated carbocycles. The van der Waals surface area contributed by atoms with Crippen LogP contribution in [0.15, 0.2) is 0 Å². The van der Waals surface area contributed by atoms with Crippen molar-refractivity contribution in [2.24, 2.45) is 5.92 Å². The summed E-state index contributed by atoms with van der Waals surface area (Å²) in [7, 11) is 0. The molecule has 0 radical (unpaired) electrons. The van der Waals surface area contributed by atoms with Crippen molar-refractivity contribution in [3.05, 3.63) is 0 Å². The summed E-state index contributed by atoms with van der Waals surface area (Å²) in [4.78, 5) is 11.4. The van der Waals surface area contributed by atoms with Gasteiger partial charge >= 0.3 is 0 Å². The Labute approximate surface area is 112 Å². The van der Waals surface area contributed by atoms with Crippen molar-refractivity contribution in [3.8, 4) is 0 Å². The van der Waals surface area contributed by atoms with Gasteiger partial charge in [-0.1, -0.05) is 39.0 Å². The summed E-state index contributed by atoms with van der Waals surface area (Å²) in [5.74, 6) is 0.833. The minimum absolute atomic E-state index is 0.336. The van der Waals surface area contributed by atoms with Crippen LogP contribution < -0.4 is 5.32 Å². The van der Waals surface area contributed by atoms with Crippen LogP contribution in [-0.2, 0) is 9.53 Å². The van der Waals surface area contributed by atoms with Gasteiger partial charge in [0.1, 0.15) is 5.78 Å². The molecule has 0 spiro atoms. The Hall–Kier alpha value is -0.410. The third-order valence-corrected chi connectivity index (χ3v) is 3.71. The van der Waals surface area contributed by atoms with E-state index in [-0.39, 0.29) is 0 Å². The Morgan fingerprint density at radius 1 is 1.00 bits per heavy atom. The van der Waals surface area contributed by atoms with E-state index in [1.807, 2.05) is 0 Å². The van der Waals surface area contributed by atoms with Crippen molar-refractivity contribution in [2.75, 3.05) is 26.3 Å². The number of hydrogen-bond acceptors (Lipinski definition) is 3. The number of nitrogens with one attached hydrogen (secondary N) is 1. The predicted molar refractivity (Wildman–Crippen MR) is 74.8 cm³/mol. The zero-order valence-electron chi connectivity index (χ0n) is 11.9. The van der Waals surface area contributed by atoms with Crippen LogP contribution in [0.1, 0.15) is 58.3 Å². The van der Waals surface area contributed by atoms with E-state index in [0.717, 1.165) is 45.6 Å². The van der Waals surface area contributed by atoms with Crippen LogP contribution in [-0.4, -0.2) is 32.1 Å². The Kier molecular flexibility index (Phi) is 9.13. The van der Waals surface area contributed by atoms with E-state index in [4.69, 9.17) is 4.74 Å². The number of carbonyl (C=O) groups excluding carboxylic acids is 1. The van der Waals surface area contributed by atoms with Crippen molar-refractivity contribution < 1.29 is 9.53 Å². The molecule has 0 aromatic heterocycles. The third-order valence-electron chi connectivity index (χ3n) is 3.71. The Balaban J connectivity index is 0.000000225. The van der Waals surface area contributed by atoms with Gasteiger partial charge in [-0.05, 0) is 12.8 Å². The second kappa shape index (κ2) is 10.5. The lowest BCUT2D eigenvalue weighted by Gasteiger charge is -2.12. The highest BCUT2D eigenvalue weighted by Crippen LogP contribution is 2.18. The van der Waals surface area contributed by atoms with Crippen LogP contribution in [0.3, 0.4) is 0 Å². The van der Waals surface area contributed by atoms with E-state index in [1.54, 1.807) is 0 Å². The molecular weight excluding hydrogens is 226 g/mol. The predicted octanol–water partition coefficient (Wildman–Crippen LogP) is 2.93. The maximum atomic E-state index is 11.4. The monoisotopic (exact) mass is 255 g/mol. The molecule has 1 aliphatic carbocycles. The average molecular weight is 255 g/mol. The normalized spacial score (nSPS) is 26.9. The number of ether oxygens (including phenoxy) is 1. The van der Waals surface area contributed by atoms with E-state index in [0.29, 0.717) is 11.7 Å². The molecule has 1 saturated heterocycles.